The Morgan fingerprint density at radius 3 is 2.31 bits per heavy atom. The zero-order valence-corrected chi connectivity index (χ0v) is 15.4. The molecule has 2 amide bonds. The first-order valence-electron chi connectivity index (χ1n) is 8.99. The van der Waals surface area contributed by atoms with Gasteiger partial charge in [-0.1, -0.05) is 30.3 Å². The van der Waals surface area contributed by atoms with Crippen LogP contribution in [0.15, 0.2) is 54.6 Å². The Kier molecular flexibility index (Phi) is 7.36. The van der Waals surface area contributed by atoms with E-state index in [0.717, 1.165) is 16.9 Å². The quantitative estimate of drug-likeness (QED) is 0.764. The van der Waals surface area contributed by atoms with Crippen LogP contribution in [0.1, 0.15) is 32.3 Å². The Hall–Kier alpha value is -2.66. The van der Waals surface area contributed by atoms with Gasteiger partial charge >= 0.3 is 0 Å². The highest BCUT2D eigenvalue weighted by Gasteiger charge is 2.14. The third kappa shape index (κ3) is 6.01. The number of anilines is 2. The zero-order valence-electron chi connectivity index (χ0n) is 15.4. The van der Waals surface area contributed by atoms with E-state index >= 15 is 0 Å². The topological polar surface area (TPSA) is 75.4 Å². The predicted molar refractivity (Wildman–Crippen MR) is 106 cm³/mol. The molecule has 1 unspecified atom stereocenters. The normalized spacial score (nSPS) is 11.7. The van der Waals surface area contributed by atoms with Crippen molar-refractivity contribution in [3.05, 3.63) is 60.2 Å². The van der Waals surface area contributed by atoms with Gasteiger partial charge in [-0.05, 0) is 50.1 Å². The Morgan fingerprint density at radius 2 is 1.73 bits per heavy atom. The Bertz CT molecular complexity index is 712. The van der Waals surface area contributed by atoms with Crippen molar-refractivity contribution in [2.75, 3.05) is 16.8 Å². The van der Waals surface area contributed by atoms with Crippen molar-refractivity contribution in [3.63, 3.8) is 0 Å². The molecule has 0 saturated heterocycles. The molecule has 1 atom stereocenters. The van der Waals surface area contributed by atoms with Crippen LogP contribution in [-0.4, -0.2) is 24.4 Å². The third-order valence-electron chi connectivity index (χ3n) is 4.10. The van der Waals surface area contributed by atoms with E-state index in [-0.39, 0.29) is 17.9 Å². The second-order valence-electron chi connectivity index (χ2n) is 6.41. The van der Waals surface area contributed by atoms with E-state index < -0.39 is 0 Å². The lowest BCUT2D eigenvalue weighted by atomic mass is 10.1. The molecule has 2 rings (SSSR count). The van der Waals surface area contributed by atoms with Gasteiger partial charge in [0.05, 0.1) is 6.42 Å². The number of nitrogens with two attached hydrogens (primary N) is 1. The lowest BCUT2D eigenvalue weighted by Crippen LogP contribution is -2.31. The number of carbonyl (C=O) groups excluding carboxylic acids is 2. The summed E-state index contributed by atoms with van der Waals surface area (Å²) in [5.74, 6) is -0.000203. The molecule has 0 aromatic heterocycles. The first-order chi connectivity index (χ1) is 12.5. The standard InChI is InChI=1S/C21H27N3O2/c1-3-24(19-7-5-4-6-8-19)21(26)15-17-10-12-18(13-11-17)23-20(25)14-9-16(2)22/h4-8,10-13,16H,3,9,14-15,22H2,1-2H3,(H,23,25). The zero-order chi connectivity index (χ0) is 18.9. The van der Waals surface area contributed by atoms with Crippen LogP contribution < -0.4 is 16.0 Å². The maximum atomic E-state index is 12.6. The summed E-state index contributed by atoms with van der Waals surface area (Å²) in [5.41, 5.74) is 8.21. The summed E-state index contributed by atoms with van der Waals surface area (Å²) in [5, 5.41) is 2.85. The molecule has 0 saturated carbocycles. The van der Waals surface area contributed by atoms with Gasteiger partial charge in [-0.15, -0.1) is 0 Å². The van der Waals surface area contributed by atoms with Crippen LogP contribution in [-0.2, 0) is 16.0 Å². The van der Waals surface area contributed by atoms with Gasteiger partial charge in [-0.25, -0.2) is 0 Å². The minimum absolute atomic E-state index is 0.0141. The molecule has 26 heavy (non-hydrogen) atoms. The number of likely N-dealkylation sites (N-methyl/N-ethyl adjacent to an activating group) is 1. The number of hydrogen-bond acceptors (Lipinski definition) is 3. The average Bonchev–Trinajstić information content (AvgIpc) is 2.63. The molecule has 0 spiro atoms. The molecule has 0 aliphatic rings. The molecule has 138 valence electrons. The smallest absolute Gasteiger partial charge is 0.231 e. The van der Waals surface area contributed by atoms with E-state index in [1.807, 2.05) is 68.4 Å². The first kappa shape index (κ1) is 19.7. The van der Waals surface area contributed by atoms with Crippen LogP contribution in [0.5, 0.6) is 0 Å². The molecule has 2 aromatic carbocycles. The minimum atomic E-state index is -0.0487. The molecule has 5 heteroatoms. The summed E-state index contributed by atoms with van der Waals surface area (Å²) in [6.07, 6.45) is 1.38. The van der Waals surface area contributed by atoms with Crippen molar-refractivity contribution in [2.45, 2.75) is 39.2 Å². The highest BCUT2D eigenvalue weighted by atomic mass is 16.2. The summed E-state index contributed by atoms with van der Waals surface area (Å²) >= 11 is 0. The highest BCUT2D eigenvalue weighted by molar-refractivity contribution is 5.95. The number of rotatable bonds is 8. The summed E-state index contributed by atoms with van der Waals surface area (Å²) in [6.45, 7) is 4.47. The molecule has 3 N–H and O–H groups in total. The van der Waals surface area contributed by atoms with Crippen LogP contribution >= 0.6 is 0 Å². The molecule has 0 fully saturated rings. The molecule has 0 radical (unpaired) electrons. The molecule has 5 nitrogen and oxygen atoms in total. The van der Waals surface area contributed by atoms with Gasteiger partial charge in [0.1, 0.15) is 0 Å². The van der Waals surface area contributed by atoms with E-state index in [4.69, 9.17) is 5.73 Å². The van der Waals surface area contributed by atoms with Gasteiger partial charge in [0.2, 0.25) is 11.8 Å². The molecular weight excluding hydrogens is 326 g/mol. The first-order valence-corrected chi connectivity index (χ1v) is 8.99. The monoisotopic (exact) mass is 353 g/mol. The molecule has 2 aromatic rings. The predicted octanol–water partition coefficient (Wildman–Crippen LogP) is 3.35. The Labute approximate surface area is 155 Å². The molecule has 0 aliphatic heterocycles. The molecular formula is C21H27N3O2. The molecule has 0 heterocycles. The lowest BCUT2D eigenvalue weighted by molar-refractivity contribution is -0.118. The maximum Gasteiger partial charge on any atom is 0.231 e. The van der Waals surface area contributed by atoms with Gasteiger partial charge in [0.15, 0.2) is 0 Å². The van der Waals surface area contributed by atoms with E-state index in [1.54, 1.807) is 4.90 Å². The van der Waals surface area contributed by atoms with Crippen LogP contribution in [0.25, 0.3) is 0 Å². The Balaban J connectivity index is 1.93. The molecule has 0 bridgehead atoms. The van der Waals surface area contributed by atoms with Crippen LogP contribution in [0, 0.1) is 0 Å². The SMILES string of the molecule is CCN(C(=O)Cc1ccc(NC(=O)CCC(C)N)cc1)c1ccccc1. The van der Waals surface area contributed by atoms with Crippen molar-refractivity contribution >= 4 is 23.2 Å². The number of amides is 2. The van der Waals surface area contributed by atoms with E-state index in [0.29, 0.717) is 25.8 Å². The van der Waals surface area contributed by atoms with E-state index in [9.17, 15) is 9.59 Å². The van der Waals surface area contributed by atoms with E-state index in [1.165, 1.54) is 0 Å². The third-order valence-corrected chi connectivity index (χ3v) is 4.10. The second kappa shape index (κ2) is 9.73. The summed E-state index contributed by atoms with van der Waals surface area (Å²) < 4.78 is 0. The second-order valence-corrected chi connectivity index (χ2v) is 6.41. The van der Waals surface area contributed by atoms with Crippen LogP contribution in [0.2, 0.25) is 0 Å². The Morgan fingerprint density at radius 1 is 1.08 bits per heavy atom. The summed E-state index contributed by atoms with van der Waals surface area (Å²) in [4.78, 5) is 26.2. The fourth-order valence-electron chi connectivity index (χ4n) is 2.67. The lowest BCUT2D eigenvalue weighted by Gasteiger charge is -2.21. The summed E-state index contributed by atoms with van der Waals surface area (Å²) in [6, 6.07) is 17.1. The van der Waals surface area contributed by atoms with Crippen molar-refractivity contribution in [1.82, 2.24) is 0 Å². The highest BCUT2D eigenvalue weighted by Crippen LogP contribution is 2.16. The number of benzene rings is 2. The van der Waals surface area contributed by atoms with Gasteiger partial charge in [0.25, 0.3) is 0 Å². The number of carbonyl (C=O) groups is 2. The van der Waals surface area contributed by atoms with Gasteiger partial charge in [-0.2, -0.15) is 0 Å². The average molecular weight is 353 g/mol. The van der Waals surface area contributed by atoms with Gasteiger partial charge in [-0.3, -0.25) is 9.59 Å². The summed E-state index contributed by atoms with van der Waals surface area (Å²) in [7, 11) is 0. The van der Waals surface area contributed by atoms with E-state index in [2.05, 4.69) is 5.32 Å². The fourth-order valence-corrected chi connectivity index (χ4v) is 2.67. The largest absolute Gasteiger partial charge is 0.328 e. The van der Waals surface area contributed by atoms with Crippen molar-refractivity contribution in [2.24, 2.45) is 5.73 Å². The number of hydrogen-bond donors (Lipinski definition) is 2. The number of nitrogens with one attached hydrogen (secondary N) is 1. The van der Waals surface area contributed by atoms with Gasteiger partial charge in [0, 0.05) is 30.4 Å². The maximum absolute atomic E-state index is 12.6. The van der Waals surface area contributed by atoms with Gasteiger partial charge < -0.3 is 16.0 Å². The van der Waals surface area contributed by atoms with Crippen LogP contribution in [0.4, 0.5) is 11.4 Å². The number of nitrogens with zero attached hydrogens (tertiary/aromatic N) is 1. The number of para-hydroxylation sites is 1. The van der Waals surface area contributed by atoms with Crippen molar-refractivity contribution in [1.29, 1.82) is 0 Å². The fraction of sp³-hybridized carbons (Fsp3) is 0.333. The van der Waals surface area contributed by atoms with Crippen LogP contribution in [0.3, 0.4) is 0 Å². The molecule has 0 aliphatic carbocycles. The minimum Gasteiger partial charge on any atom is -0.328 e. The van der Waals surface area contributed by atoms with Crippen molar-refractivity contribution < 1.29 is 9.59 Å². The van der Waals surface area contributed by atoms with Crippen molar-refractivity contribution in [3.8, 4) is 0 Å².